The zero-order valence-electron chi connectivity index (χ0n) is 10.9. The van der Waals surface area contributed by atoms with Gasteiger partial charge in [0.15, 0.2) is 0 Å². The van der Waals surface area contributed by atoms with Crippen LogP contribution in [0.1, 0.15) is 0 Å². The lowest BCUT2D eigenvalue weighted by atomic mass is 10.1. The molecule has 3 aromatic carbocycles. The van der Waals surface area contributed by atoms with Crippen molar-refractivity contribution in [2.45, 2.75) is 0 Å². The first-order valence-corrected chi connectivity index (χ1v) is 6.49. The fourth-order valence-electron chi connectivity index (χ4n) is 2.45. The van der Waals surface area contributed by atoms with Gasteiger partial charge >= 0.3 is 0 Å². The molecule has 1 aromatic heterocycles. The highest BCUT2D eigenvalue weighted by molar-refractivity contribution is 5.93. The third kappa shape index (κ3) is 1.79. The van der Waals surface area contributed by atoms with E-state index in [-0.39, 0.29) is 11.5 Å². The molecule has 0 bridgehead atoms. The molecule has 102 valence electrons. The summed E-state index contributed by atoms with van der Waals surface area (Å²) in [6.45, 7) is 0. The van der Waals surface area contributed by atoms with Crippen LogP contribution in [-0.2, 0) is 0 Å². The van der Waals surface area contributed by atoms with Crippen molar-refractivity contribution in [3.05, 3.63) is 54.6 Å². The number of benzene rings is 3. The third-order valence-electron chi connectivity index (χ3n) is 3.44. The van der Waals surface area contributed by atoms with Gasteiger partial charge < -0.3 is 10.2 Å². The fraction of sp³-hybridized carbons (Fsp3) is 0. The van der Waals surface area contributed by atoms with Gasteiger partial charge in [0.05, 0.1) is 0 Å². The van der Waals surface area contributed by atoms with Gasteiger partial charge in [-0.25, -0.2) is 0 Å². The van der Waals surface area contributed by atoms with E-state index in [1.54, 1.807) is 30.3 Å². The molecule has 0 aliphatic carbocycles. The van der Waals surface area contributed by atoms with E-state index in [4.69, 9.17) is 0 Å². The fourth-order valence-corrected chi connectivity index (χ4v) is 2.45. The van der Waals surface area contributed by atoms with Crippen molar-refractivity contribution in [3.8, 4) is 17.2 Å². The van der Waals surface area contributed by atoms with Crippen molar-refractivity contribution in [2.75, 3.05) is 0 Å². The largest absolute Gasteiger partial charge is 0.508 e. The van der Waals surface area contributed by atoms with Crippen LogP contribution in [0, 0.1) is 0 Å². The maximum absolute atomic E-state index is 10.2. The molecule has 21 heavy (non-hydrogen) atoms. The summed E-state index contributed by atoms with van der Waals surface area (Å²) in [6.07, 6.45) is 0. The molecule has 0 amide bonds. The van der Waals surface area contributed by atoms with E-state index >= 15 is 0 Å². The molecule has 0 spiro atoms. The van der Waals surface area contributed by atoms with E-state index < -0.39 is 0 Å². The van der Waals surface area contributed by atoms with Gasteiger partial charge in [-0.15, -0.1) is 15.0 Å². The minimum absolute atomic E-state index is 0.0633. The Balaban J connectivity index is 2.08. The Hall–Kier alpha value is -3.08. The predicted octanol–water partition coefficient (Wildman–Crippen LogP) is 2.98. The summed E-state index contributed by atoms with van der Waals surface area (Å²) in [5, 5.41) is 30.3. The molecular weight excluding hydrogens is 266 g/mol. The molecular formula is C16H11N3O2. The van der Waals surface area contributed by atoms with Crippen LogP contribution in [0.4, 0.5) is 0 Å². The molecule has 0 unspecified atom stereocenters. The molecule has 4 aromatic rings. The lowest BCUT2D eigenvalue weighted by Crippen LogP contribution is -2.00. The second-order valence-corrected chi connectivity index (χ2v) is 4.82. The van der Waals surface area contributed by atoms with Crippen LogP contribution in [-0.4, -0.2) is 25.2 Å². The highest BCUT2D eigenvalue weighted by Crippen LogP contribution is 2.32. The summed E-state index contributed by atoms with van der Waals surface area (Å²) in [7, 11) is 0. The summed E-state index contributed by atoms with van der Waals surface area (Å²) in [6, 6.07) is 15.9. The molecule has 0 aliphatic heterocycles. The highest BCUT2D eigenvalue weighted by Gasteiger charge is 2.13. The van der Waals surface area contributed by atoms with Crippen molar-refractivity contribution in [1.82, 2.24) is 15.0 Å². The number of aromatic nitrogens is 3. The molecule has 0 atom stereocenters. The predicted molar refractivity (Wildman–Crippen MR) is 79.7 cm³/mol. The minimum Gasteiger partial charge on any atom is -0.508 e. The van der Waals surface area contributed by atoms with Crippen LogP contribution in [0.3, 0.4) is 0 Å². The quantitative estimate of drug-likeness (QED) is 0.561. The Morgan fingerprint density at radius 2 is 1.48 bits per heavy atom. The Morgan fingerprint density at radius 3 is 2.19 bits per heavy atom. The second kappa shape index (κ2) is 4.21. The molecule has 5 heteroatoms. The van der Waals surface area contributed by atoms with E-state index in [1.807, 2.05) is 24.3 Å². The number of rotatable bonds is 1. The van der Waals surface area contributed by atoms with Gasteiger partial charge in [0, 0.05) is 5.39 Å². The zero-order valence-corrected chi connectivity index (χ0v) is 10.9. The average molecular weight is 277 g/mol. The first-order valence-electron chi connectivity index (χ1n) is 6.49. The molecule has 0 saturated carbocycles. The van der Waals surface area contributed by atoms with E-state index in [0.717, 1.165) is 16.4 Å². The summed E-state index contributed by atoms with van der Waals surface area (Å²) in [5.74, 6) is 0.194. The van der Waals surface area contributed by atoms with Gasteiger partial charge in [-0.3, -0.25) is 0 Å². The molecule has 0 fully saturated rings. The van der Waals surface area contributed by atoms with Crippen molar-refractivity contribution < 1.29 is 10.2 Å². The Kier molecular flexibility index (Phi) is 2.35. The van der Waals surface area contributed by atoms with E-state index in [0.29, 0.717) is 11.1 Å². The van der Waals surface area contributed by atoms with Crippen molar-refractivity contribution in [1.29, 1.82) is 0 Å². The maximum Gasteiger partial charge on any atom is 0.143 e. The van der Waals surface area contributed by atoms with E-state index in [9.17, 15) is 10.2 Å². The summed E-state index contributed by atoms with van der Waals surface area (Å²) in [5.41, 5.74) is 1.95. The molecule has 1 heterocycles. The van der Waals surface area contributed by atoms with Crippen molar-refractivity contribution in [2.24, 2.45) is 0 Å². The number of nitrogens with zero attached hydrogens (tertiary/aromatic N) is 3. The van der Waals surface area contributed by atoms with Crippen LogP contribution < -0.4 is 0 Å². The number of phenols is 2. The van der Waals surface area contributed by atoms with E-state index in [1.165, 1.54) is 4.80 Å². The Bertz CT molecular complexity index is 938. The van der Waals surface area contributed by atoms with Crippen LogP contribution in [0.25, 0.3) is 27.5 Å². The normalized spacial score (nSPS) is 11.2. The van der Waals surface area contributed by atoms with Gasteiger partial charge in [-0.05, 0) is 35.7 Å². The van der Waals surface area contributed by atoms with Crippen LogP contribution in [0.2, 0.25) is 0 Å². The smallest absolute Gasteiger partial charge is 0.143 e. The van der Waals surface area contributed by atoms with Crippen LogP contribution in [0.15, 0.2) is 54.6 Å². The molecule has 0 saturated heterocycles. The monoisotopic (exact) mass is 277 g/mol. The van der Waals surface area contributed by atoms with Crippen molar-refractivity contribution >= 4 is 21.8 Å². The SMILES string of the molecule is Oc1ccc2ccc(O)c(-n3nc4ccccc4n3)c2c1. The van der Waals surface area contributed by atoms with E-state index in [2.05, 4.69) is 10.2 Å². The van der Waals surface area contributed by atoms with Crippen molar-refractivity contribution in [3.63, 3.8) is 0 Å². The van der Waals surface area contributed by atoms with Gasteiger partial charge in [-0.1, -0.05) is 24.3 Å². The summed E-state index contributed by atoms with van der Waals surface area (Å²) >= 11 is 0. The number of fused-ring (bicyclic) bond motifs is 2. The van der Waals surface area contributed by atoms with Crippen LogP contribution in [0.5, 0.6) is 11.5 Å². The Morgan fingerprint density at radius 1 is 0.810 bits per heavy atom. The zero-order chi connectivity index (χ0) is 14.4. The number of aromatic hydroxyl groups is 2. The van der Waals surface area contributed by atoms with Gasteiger partial charge in [-0.2, -0.15) is 0 Å². The standard InChI is InChI=1S/C16H11N3O2/c20-11-7-5-10-6-8-15(21)16(12(10)9-11)19-17-13-3-1-2-4-14(13)18-19/h1-9,20-21H. The molecule has 0 radical (unpaired) electrons. The number of phenolic OH excluding ortho intramolecular Hbond substituents is 2. The maximum atomic E-state index is 10.2. The molecule has 5 nitrogen and oxygen atoms in total. The average Bonchev–Trinajstić information content (AvgIpc) is 2.90. The van der Waals surface area contributed by atoms with Gasteiger partial charge in [0.25, 0.3) is 0 Å². The first-order chi connectivity index (χ1) is 10.2. The van der Waals surface area contributed by atoms with Gasteiger partial charge in [0.2, 0.25) is 0 Å². The molecule has 2 N–H and O–H groups in total. The lowest BCUT2D eigenvalue weighted by molar-refractivity contribution is 0.468. The lowest BCUT2D eigenvalue weighted by Gasteiger charge is -2.08. The van der Waals surface area contributed by atoms with Gasteiger partial charge in [0.1, 0.15) is 28.2 Å². The molecule has 0 aliphatic rings. The topological polar surface area (TPSA) is 71.2 Å². The van der Waals surface area contributed by atoms with Crippen LogP contribution >= 0.6 is 0 Å². The number of hydrogen-bond acceptors (Lipinski definition) is 4. The Labute approximate surface area is 119 Å². The summed E-state index contributed by atoms with van der Waals surface area (Å²) < 4.78 is 0. The third-order valence-corrected chi connectivity index (χ3v) is 3.44. The number of hydrogen-bond donors (Lipinski definition) is 2. The first kappa shape index (κ1) is 11.7. The summed E-state index contributed by atoms with van der Waals surface area (Å²) in [4.78, 5) is 1.40. The molecule has 4 rings (SSSR count). The second-order valence-electron chi connectivity index (χ2n) is 4.82. The minimum atomic E-state index is 0.0633. The highest BCUT2D eigenvalue weighted by atomic mass is 16.3.